The van der Waals surface area contributed by atoms with Gasteiger partial charge in [0.15, 0.2) is 0 Å². The Morgan fingerprint density at radius 3 is 2.73 bits per heavy atom. The Bertz CT molecular complexity index is 629. The maximum absolute atomic E-state index is 12.7. The molecule has 2 aromatic rings. The van der Waals surface area contributed by atoms with E-state index in [1.807, 2.05) is 12.1 Å². The molecule has 0 aliphatic heterocycles. The first-order valence-corrected chi connectivity index (χ1v) is 7.93. The second-order valence-electron chi connectivity index (χ2n) is 5.87. The summed E-state index contributed by atoms with van der Waals surface area (Å²) < 4.78 is 5.25. The van der Waals surface area contributed by atoms with E-state index >= 15 is 0 Å². The highest BCUT2D eigenvalue weighted by Gasteiger charge is 2.24. The van der Waals surface area contributed by atoms with E-state index in [9.17, 15) is 4.79 Å². The van der Waals surface area contributed by atoms with Crippen molar-refractivity contribution in [1.82, 2.24) is 15.5 Å². The van der Waals surface area contributed by atoms with E-state index in [1.165, 1.54) is 25.7 Å². The minimum atomic E-state index is -0.0931. The molecule has 5 heteroatoms. The lowest BCUT2D eigenvalue weighted by atomic mass is 10.1. The van der Waals surface area contributed by atoms with Crippen molar-refractivity contribution in [2.75, 3.05) is 0 Å². The van der Waals surface area contributed by atoms with Crippen LogP contribution in [-0.4, -0.2) is 22.1 Å². The summed E-state index contributed by atoms with van der Waals surface area (Å²) in [5.41, 5.74) is 1.89. The van der Waals surface area contributed by atoms with Gasteiger partial charge in [0.25, 0.3) is 5.91 Å². The van der Waals surface area contributed by atoms with Gasteiger partial charge in [-0.25, -0.2) is 0 Å². The van der Waals surface area contributed by atoms with Crippen molar-refractivity contribution in [2.24, 2.45) is 0 Å². The molecule has 2 aromatic heterocycles. The summed E-state index contributed by atoms with van der Waals surface area (Å²) in [5.74, 6) is 0.453. The number of aromatic nitrogens is 2. The van der Waals surface area contributed by atoms with E-state index < -0.39 is 0 Å². The Labute approximate surface area is 130 Å². The van der Waals surface area contributed by atoms with Crippen molar-refractivity contribution >= 4 is 5.91 Å². The van der Waals surface area contributed by atoms with Crippen LogP contribution in [-0.2, 0) is 0 Å². The Morgan fingerprint density at radius 2 is 2.05 bits per heavy atom. The van der Waals surface area contributed by atoms with Crippen LogP contribution in [0.1, 0.15) is 54.6 Å². The molecule has 1 fully saturated rings. The smallest absolute Gasteiger partial charge is 0.257 e. The van der Waals surface area contributed by atoms with Gasteiger partial charge in [-0.2, -0.15) is 0 Å². The van der Waals surface area contributed by atoms with Crippen molar-refractivity contribution in [1.29, 1.82) is 0 Å². The number of hydrogen-bond acceptors (Lipinski definition) is 4. The summed E-state index contributed by atoms with van der Waals surface area (Å²) in [6.45, 7) is 1.77. The Balaban J connectivity index is 1.82. The molecule has 1 N–H and O–H groups in total. The van der Waals surface area contributed by atoms with Gasteiger partial charge in [0.1, 0.15) is 17.0 Å². The van der Waals surface area contributed by atoms with Crippen LogP contribution in [0.5, 0.6) is 0 Å². The van der Waals surface area contributed by atoms with Gasteiger partial charge in [0.05, 0.1) is 0 Å². The van der Waals surface area contributed by atoms with Crippen molar-refractivity contribution < 1.29 is 9.32 Å². The summed E-state index contributed by atoms with van der Waals surface area (Å²) >= 11 is 0. The van der Waals surface area contributed by atoms with Crippen LogP contribution >= 0.6 is 0 Å². The number of nitrogens with one attached hydrogen (secondary N) is 1. The molecule has 0 unspecified atom stereocenters. The average Bonchev–Trinajstić information content (AvgIpc) is 2.75. The molecule has 1 amide bonds. The summed E-state index contributed by atoms with van der Waals surface area (Å²) in [6, 6.07) is 3.96. The second-order valence-corrected chi connectivity index (χ2v) is 5.87. The van der Waals surface area contributed by atoms with Crippen LogP contribution in [0.15, 0.2) is 29.0 Å². The Hall–Kier alpha value is -2.17. The van der Waals surface area contributed by atoms with Gasteiger partial charge in [-0.05, 0) is 31.9 Å². The largest absolute Gasteiger partial charge is 0.360 e. The normalized spacial score (nSPS) is 16.2. The molecule has 1 aliphatic rings. The van der Waals surface area contributed by atoms with E-state index in [2.05, 4.69) is 15.5 Å². The molecule has 5 nitrogen and oxygen atoms in total. The second kappa shape index (κ2) is 6.73. The molecular weight excluding hydrogens is 278 g/mol. The van der Waals surface area contributed by atoms with E-state index in [0.717, 1.165) is 18.4 Å². The molecule has 1 saturated carbocycles. The van der Waals surface area contributed by atoms with Gasteiger partial charge in [0.2, 0.25) is 0 Å². The number of aryl methyl sites for hydroxylation is 1. The first kappa shape index (κ1) is 14.8. The molecule has 2 heterocycles. The van der Waals surface area contributed by atoms with Crippen LogP contribution in [0.2, 0.25) is 0 Å². The number of pyridine rings is 1. The zero-order valence-corrected chi connectivity index (χ0v) is 12.8. The van der Waals surface area contributed by atoms with Crippen molar-refractivity contribution in [3.8, 4) is 11.3 Å². The third-order valence-corrected chi connectivity index (χ3v) is 4.22. The van der Waals surface area contributed by atoms with Crippen LogP contribution in [0.4, 0.5) is 0 Å². The van der Waals surface area contributed by atoms with Crippen LogP contribution in [0.25, 0.3) is 11.3 Å². The van der Waals surface area contributed by atoms with Crippen LogP contribution in [0.3, 0.4) is 0 Å². The highest BCUT2D eigenvalue weighted by atomic mass is 16.5. The lowest BCUT2D eigenvalue weighted by molar-refractivity contribution is 0.0932. The fourth-order valence-electron chi connectivity index (χ4n) is 3.02. The third-order valence-electron chi connectivity index (χ3n) is 4.22. The third kappa shape index (κ3) is 3.18. The number of hydrogen-bond donors (Lipinski definition) is 1. The monoisotopic (exact) mass is 299 g/mol. The molecule has 0 bridgehead atoms. The predicted molar refractivity (Wildman–Crippen MR) is 83.4 cm³/mol. The highest BCUT2D eigenvalue weighted by Crippen LogP contribution is 2.25. The van der Waals surface area contributed by atoms with E-state index in [4.69, 9.17) is 4.52 Å². The van der Waals surface area contributed by atoms with Crippen molar-refractivity contribution in [3.63, 3.8) is 0 Å². The van der Waals surface area contributed by atoms with Gasteiger partial charge in [-0.15, -0.1) is 0 Å². The van der Waals surface area contributed by atoms with Gasteiger partial charge in [-0.1, -0.05) is 30.8 Å². The number of carbonyl (C=O) groups excluding carboxylic acids is 1. The minimum Gasteiger partial charge on any atom is -0.360 e. The zero-order valence-electron chi connectivity index (χ0n) is 12.8. The lowest BCUT2D eigenvalue weighted by Crippen LogP contribution is -2.34. The standard InChI is InChI=1S/C17H21N3O2/c1-12-15(16(20-22-12)13-7-6-10-18-11-13)17(21)19-14-8-4-2-3-5-9-14/h6-7,10-11,14H,2-5,8-9H2,1H3,(H,19,21). The van der Waals surface area contributed by atoms with Gasteiger partial charge < -0.3 is 9.84 Å². The fourth-order valence-corrected chi connectivity index (χ4v) is 3.02. The minimum absolute atomic E-state index is 0.0931. The molecule has 0 radical (unpaired) electrons. The van der Waals surface area contributed by atoms with E-state index in [0.29, 0.717) is 17.0 Å². The van der Waals surface area contributed by atoms with Gasteiger partial charge >= 0.3 is 0 Å². The average molecular weight is 299 g/mol. The Morgan fingerprint density at radius 1 is 1.27 bits per heavy atom. The quantitative estimate of drug-likeness (QED) is 0.881. The molecule has 116 valence electrons. The summed E-state index contributed by atoms with van der Waals surface area (Å²) in [5, 5.41) is 7.20. The molecule has 0 spiro atoms. The molecule has 1 aliphatic carbocycles. The zero-order chi connectivity index (χ0) is 15.4. The number of rotatable bonds is 3. The fraction of sp³-hybridized carbons (Fsp3) is 0.471. The van der Waals surface area contributed by atoms with E-state index in [-0.39, 0.29) is 11.9 Å². The number of carbonyl (C=O) groups is 1. The van der Waals surface area contributed by atoms with Crippen LogP contribution in [0, 0.1) is 6.92 Å². The summed E-state index contributed by atoms with van der Waals surface area (Å²) in [6.07, 6.45) is 10.4. The van der Waals surface area contributed by atoms with Crippen molar-refractivity contribution in [2.45, 2.75) is 51.5 Å². The van der Waals surface area contributed by atoms with Crippen molar-refractivity contribution in [3.05, 3.63) is 35.9 Å². The number of nitrogens with zero attached hydrogens (tertiary/aromatic N) is 2. The SMILES string of the molecule is Cc1onc(-c2cccnc2)c1C(=O)NC1CCCCCC1. The van der Waals surface area contributed by atoms with E-state index in [1.54, 1.807) is 19.3 Å². The summed E-state index contributed by atoms with van der Waals surface area (Å²) in [7, 11) is 0. The molecular formula is C17H21N3O2. The molecule has 3 rings (SSSR count). The highest BCUT2D eigenvalue weighted by molar-refractivity contribution is 6.00. The number of amides is 1. The van der Waals surface area contributed by atoms with Gasteiger partial charge in [-0.3, -0.25) is 9.78 Å². The topological polar surface area (TPSA) is 68.0 Å². The Kier molecular flexibility index (Phi) is 4.51. The first-order valence-electron chi connectivity index (χ1n) is 7.93. The maximum Gasteiger partial charge on any atom is 0.257 e. The first-order chi connectivity index (χ1) is 10.8. The molecule has 22 heavy (non-hydrogen) atoms. The molecule has 0 aromatic carbocycles. The molecule has 0 atom stereocenters. The predicted octanol–water partition coefficient (Wildman–Crippen LogP) is 3.50. The molecule has 0 saturated heterocycles. The summed E-state index contributed by atoms with van der Waals surface area (Å²) in [4.78, 5) is 16.8. The maximum atomic E-state index is 12.7. The lowest BCUT2D eigenvalue weighted by Gasteiger charge is -2.16. The van der Waals surface area contributed by atoms with Crippen LogP contribution < -0.4 is 5.32 Å². The van der Waals surface area contributed by atoms with Gasteiger partial charge in [0, 0.05) is 24.0 Å².